The van der Waals surface area contributed by atoms with Gasteiger partial charge >= 0.3 is 0 Å². The van der Waals surface area contributed by atoms with Crippen molar-refractivity contribution in [3.8, 4) is 0 Å². The first kappa shape index (κ1) is 11.1. The van der Waals surface area contributed by atoms with Gasteiger partial charge in [-0.1, -0.05) is 0 Å². The molecule has 0 N–H and O–H groups in total. The largest absolute Gasteiger partial charge is 0.165 e. The van der Waals surface area contributed by atoms with Gasteiger partial charge in [0, 0.05) is 4.58 Å². The Morgan fingerprint density at radius 3 is 2.10 bits per heavy atom. The molecule has 0 saturated carbocycles. The van der Waals surface area contributed by atoms with E-state index < -0.39 is 0 Å². The fraction of sp³-hybridized carbons (Fsp3) is 1.00. The van der Waals surface area contributed by atoms with Crippen molar-refractivity contribution in [1.82, 2.24) is 0 Å². The van der Waals surface area contributed by atoms with Gasteiger partial charge in [0.25, 0.3) is 0 Å². The summed E-state index contributed by atoms with van der Waals surface area (Å²) < 4.78 is 0.826. The molecule has 3 heteroatoms. The average Bonchev–Trinajstić information content (AvgIpc) is 1.99. The van der Waals surface area contributed by atoms with Crippen LogP contribution in [-0.2, 0) is 0 Å². The van der Waals surface area contributed by atoms with Crippen LogP contribution in [0.15, 0.2) is 0 Å². The molecular formula is C7H16S3. The maximum absolute atomic E-state index is 2.19. The lowest BCUT2D eigenvalue weighted by atomic mass is 10.4. The van der Waals surface area contributed by atoms with E-state index in [-0.39, 0.29) is 0 Å². The van der Waals surface area contributed by atoms with Crippen LogP contribution in [0.4, 0.5) is 0 Å². The smallest absolute Gasteiger partial charge is 0.0497 e. The van der Waals surface area contributed by atoms with E-state index in [2.05, 4.69) is 18.8 Å². The fourth-order valence-corrected chi connectivity index (χ4v) is 2.76. The van der Waals surface area contributed by atoms with Crippen LogP contribution in [0.5, 0.6) is 0 Å². The van der Waals surface area contributed by atoms with Crippen LogP contribution in [0, 0.1) is 0 Å². The van der Waals surface area contributed by atoms with Crippen LogP contribution >= 0.6 is 35.3 Å². The standard InChI is InChI=1S/C7H16S3/c1-8-6-4-5-7(9-2)10-3/h7H,4-6H2,1-3H3. The number of hydrogen-bond acceptors (Lipinski definition) is 3. The second kappa shape index (κ2) is 8.15. The molecule has 0 aliphatic carbocycles. The van der Waals surface area contributed by atoms with Crippen molar-refractivity contribution >= 4 is 35.3 Å². The molecule has 0 aromatic heterocycles. The molecule has 0 unspecified atom stereocenters. The van der Waals surface area contributed by atoms with Crippen molar-refractivity contribution in [3.63, 3.8) is 0 Å². The SMILES string of the molecule is CSCCCC(SC)SC. The van der Waals surface area contributed by atoms with Crippen LogP contribution < -0.4 is 0 Å². The van der Waals surface area contributed by atoms with Crippen molar-refractivity contribution in [1.29, 1.82) is 0 Å². The third-order valence-electron chi connectivity index (χ3n) is 1.31. The van der Waals surface area contributed by atoms with Gasteiger partial charge in [0.2, 0.25) is 0 Å². The van der Waals surface area contributed by atoms with E-state index in [9.17, 15) is 0 Å². The lowest BCUT2D eigenvalue weighted by molar-refractivity contribution is 0.883. The highest BCUT2D eigenvalue weighted by Crippen LogP contribution is 2.23. The van der Waals surface area contributed by atoms with Gasteiger partial charge in [0.1, 0.15) is 0 Å². The number of rotatable bonds is 6. The van der Waals surface area contributed by atoms with E-state index in [1.165, 1.54) is 18.6 Å². The molecular weight excluding hydrogens is 180 g/mol. The first-order valence-electron chi connectivity index (χ1n) is 3.39. The summed E-state index contributed by atoms with van der Waals surface area (Å²) in [5, 5.41) is 0. The fourth-order valence-electron chi connectivity index (χ4n) is 0.726. The maximum atomic E-state index is 2.19. The summed E-state index contributed by atoms with van der Waals surface area (Å²) >= 11 is 5.89. The summed E-state index contributed by atoms with van der Waals surface area (Å²) in [6.45, 7) is 0. The molecule has 0 atom stereocenters. The lowest BCUT2D eigenvalue weighted by Gasteiger charge is -2.09. The topological polar surface area (TPSA) is 0 Å². The Bertz CT molecular complexity index is 61.9. The Kier molecular flexibility index (Phi) is 9.01. The zero-order chi connectivity index (χ0) is 7.82. The van der Waals surface area contributed by atoms with E-state index in [1.54, 1.807) is 0 Å². The number of hydrogen-bond donors (Lipinski definition) is 0. The highest BCUT2D eigenvalue weighted by Gasteiger charge is 2.02. The average molecular weight is 196 g/mol. The van der Waals surface area contributed by atoms with Gasteiger partial charge in [-0.2, -0.15) is 35.3 Å². The van der Waals surface area contributed by atoms with Crippen LogP contribution in [0.2, 0.25) is 0 Å². The Hall–Kier alpha value is 1.05. The molecule has 0 aromatic carbocycles. The molecule has 10 heavy (non-hydrogen) atoms. The summed E-state index contributed by atoms with van der Waals surface area (Å²) in [4.78, 5) is 0. The van der Waals surface area contributed by atoms with Crippen molar-refractivity contribution in [2.45, 2.75) is 17.4 Å². The first-order chi connectivity index (χ1) is 4.85. The zero-order valence-corrected chi connectivity index (χ0v) is 9.37. The molecule has 0 amide bonds. The molecule has 0 aliphatic heterocycles. The molecule has 0 spiro atoms. The number of thioether (sulfide) groups is 3. The highest BCUT2D eigenvalue weighted by atomic mass is 32.2. The second-order valence-electron chi connectivity index (χ2n) is 2.04. The predicted molar refractivity (Wildman–Crippen MR) is 58.4 cm³/mol. The van der Waals surface area contributed by atoms with Crippen molar-refractivity contribution in [2.24, 2.45) is 0 Å². The Labute approximate surface area is 77.3 Å². The summed E-state index contributed by atoms with van der Waals surface area (Å²) in [6.07, 6.45) is 9.30. The molecule has 0 rings (SSSR count). The van der Waals surface area contributed by atoms with E-state index in [0.717, 1.165) is 4.58 Å². The molecule has 0 saturated heterocycles. The summed E-state index contributed by atoms with van der Waals surface area (Å²) in [6, 6.07) is 0. The van der Waals surface area contributed by atoms with Crippen molar-refractivity contribution < 1.29 is 0 Å². The van der Waals surface area contributed by atoms with Crippen LogP contribution in [0.1, 0.15) is 12.8 Å². The maximum Gasteiger partial charge on any atom is 0.0497 e. The minimum absolute atomic E-state index is 0.826. The van der Waals surface area contributed by atoms with Gasteiger partial charge in [-0.3, -0.25) is 0 Å². The Morgan fingerprint density at radius 2 is 1.70 bits per heavy atom. The van der Waals surface area contributed by atoms with E-state index in [0.29, 0.717) is 0 Å². The third-order valence-corrected chi connectivity index (χ3v) is 4.69. The van der Waals surface area contributed by atoms with Crippen LogP contribution in [-0.4, -0.2) is 29.1 Å². The lowest BCUT2D eigenvalue weighted by Crippen LogP contribution is -1.95. The zero-order valence-electron chi connectivity index (χ0n) is 6.92. The predicted octanol–water partition coefficient (Wildman–Crippen LogP) is 3.18. The summed E-state index contributed by atoms with van der Waals surface area (Å²) in [5.41, 5.74) is 0. The van der Waals surface area contributed by atoms with Gasteiger partial charge in [-0.05, 0) is 37.4 Å². The summed E-state index contributed by atoms with van der Waals surface area (Å²) in [5.74, 6) is 1.32. The van der Waals surface area contributed by atoms with E-state index >= 15 is 0 Å². The van der Waals surface area contributed by atoms with Gasteiger partial charge in [-0.15, -0.1) is 0 Å². The molecule has 0 fully saturated rings. The molecule has 62 valence electrons. The monoisotopic (exact) mass is 196 g/mol. The van der Waals surface area contributed by atoms with Gasteiger partial charge in [0.15, 0.2) is 0 Å². The molecule has 0 radical (unpaired) electrons. The normalized spacial score (nSPS) is 10.8. The second-order valence-corrected chi connectivity index (χ2v) is 5.40. The minimum atomic E-state index is 0.826. The molecule has 0 heterocycles. The van der Waals surface area contributed by atoms with E-state index in [4.69, 9.17) is 0 Å². The quantitative estimate of drug-likeness (QED) is 0.473. The molecule has 0 aliphatic rings. The van der Waals surface area contributed by atoms with Gasteiger partial charge in [0.05, 0.1) is 0 Å². The highest BCUT2D eigenvalue weighted by molar-refractivity contribution is 8.16. The van der Waals surface area contributed by atoms with Crippen LogP contribution in [0.25, 0.3) is 0 Å². The summed E-state index contributed by atoms with van der Waals surface area (Å²) in [7, 11) is 0. The Balaban J connectivity index is 3.09. The molecule has 0 bridgehead atoms. The van der Waals surface area contributed by atoms with Crippen LogP contribution in [0.3, 0.4) is 0 Å². The first-order valence-corrected chi connectivity index (χ1v) is 7.36. The Morgan fingerprint density at radius 1 is 1.10 bits per heavy atom. The van der Waals surface area contributed by atoms with Crippen molar-refractivity contribution in [3.05, 3.63) is 0 Å². The van der Waals surface area contributed by atoms with Gasteiger partial charge in [-0.25, -0.2) is 0 Å². The van der Waals surface area contributed by atoms with Crippen molar-refractivity contribution in [2.75, 3.05) is 24.5 Å². The van der Waals surface area contributed by atoms with Gasteiger partial charge < -0.3 is 0 Å². The van der Waals surface area contributed by atoms with E-state index in [1.807, 2.05) is 35.3 Å². The molecule has 0 nitrogen and oxygen atoms in total. The minimum Gasteiger partial charge on any atom is -0.165 e. The molecule has 0 aromatic rings. The third kappa shape index (κ3) is 5.81.